The zero-order chi connectivity index (χ0) is 19.1. The summed E-state index contributed by atoms with van der Waals surface area (Å²) in [4.78, 5) is 30.0. The van der Waals surface area contributed by atoms with E-state index in [4.69, 9.17) is 0 Å². The zero-order valence-electron chi connectivity index (χ0n) is 15.0. The van der Waals surface area contributed by atoms with Gasteiger partial charge in [-0.2, -0.15) is 0 Å². The van der Waals surface area contributed by atoms with Crippen LogP contribution in [0.2, 0.25) is 0 Å². The topological polar surface area (TPSA) is 77.7 Å². The van der Waals surface area contributed by atoms with Crippen LogP contribution in [0.25, 0.3) is 10.9 Å². The van der Waals surface area contributed by atoms with E-state index in [2.05, 4.69) is 24.8 Å². The lowest BCUT2D eigenvalue weighted by atomic mass is 9.99. The van der Waals surface area contributed by atoms with Crippen molar-refractivity contribution < 1.29 is 4.39 Å². The van der Waals surface area contributed by atoms with Gasteiger partial charge < -0.3 is 9.97 Å². The number of hydrogen-bond donors (Lipinski definition) is 2. The molecule has 4 aromatic rings. The maximum Gasteiger partial charge on any atom is 0.189 e. The number of fused-ring (bicyclic) bond motifs is 2. The number of halogens is 1. The number of rotatable bonds is 3. The van der Waals surface area contributed by atoms with Crippen molar-refractivity contribution in [1.82, 2.24) is 24.8 Å². The van der Waals surface area contributed by atoms with Crippen molar-refractivity contribution in [2.75, 3.05) is 6.54 Å². The molecule has 0 spiro atoms. The van der Waals surface area contributed by atoms with Gasteiger partial charge in [-0.25, -0.2) is 9.37 Å². The Morgan fingerprint density at radius 2 is 2.11 bits per heavy atom. The molecule has 5 rings (SSSR count). The molecule has 0 fully saturated rings. The molecule has 0 amide bonds. The number of benzene rings is 1. The first-order valence-corrected chi connectivity index (χ1v) is 9.18. The van der Waals surface area contributed by atoms with Crippen LogP contribution in [0.1, 0.15) is 28.8 Å². The third-order valence-corrected chi connectivity index (χ3v) is 5.24. The van der Waals surface area contributed by atoms with E-state index in [0.29, 0.717) is 17.6 Å². The molecule has 2 N–H and O–H groups in total. The first-order chi connectivity index (χ1) is 13.7. The summed E-state index contributed by atoms with van der Waals surface area (Å²) in [5.41, 5.74) is 3.67. The molecule has 0 radical (unpaired) electrons. The lowest BCUT2D eigenvalue weighted by molar-refractivity contribution is 0.195. The van der Waals surface area contributed by atoms with Crippen LogP contribution in [0.15, 0.2) is 59.8 Å². The number of aromatic nitrogens is 4. The highest BCUT2D eigenvalue weighted by molar-refractivity contribution is 5.78. The normalized spacial score (nSPS) is 17.0. The number of imidazole rings is 1. The van der Waals surface area contributed by atoms with Crippen LogP contribution in [0.4, 0.5) is 4.39 Å². The van der Waals surface area contributed by atoms with Crippen molar-refractivity contribution >= 4 is 10.9 Å². The monoisotopic (exact) mass is 375 g/mol. The second-order valence-electron chi connectivity index (χ2n) is 6.97. The van der Waals surface area contributed by atoms with E-state index < -0.39 is 5.82 Å². The molecule has 140 valence electrons. The fourth-order valence-electron chi connectivity index (χ4n) is 3.95. The Morgan fingerprint density at radius 1 is 1.18 bits per heavy atom. The number of H-pyrrole nitrogens is 2. The predicted molar refractivity (Wildman–Crippen MR) is 103 cm³/mol. The van der Waals surface area contributed by atoms with Crippen molar-refractivity contribution in [2.45, 2.75) is 19.0 Å². The fourth-order valence-corrected chi connectivity index (χ4v) is 3.95. The summed E-state index contributed by atoms with van der Waals surface area (Å²) in [5.74, 6) is -0.425. The Morgan fingerprint density at radius 3 is 2.96 bits per heavy atom. The van der Waals surface area contributed by atoms with Gasteiger partial charge in [-0.05, 0) is 24.3 Å². The van der Waals surface area contributed by atoms with E-state index in [1.807, 2.05) is 18.2 Å². The van der Waals surface area contributed by atoms with Crippen LogP contribution in [-0.4, -0.2) is 31.4 Å². The molecule has 1 aliphatic heterocycles. The van der Waals surface area contributed by atoms with Crippen molar-refractivity contribution in [3.05, 3.63) is 93.8 Å². The van der Waals surface area contributed by atoms with Gasteiger partial charge in [0.05, 0.1) is 29.3 Å². The van der Waals surface area contributed by atoms with E-state index in [-0.39, 0.29) is 17.0 Å². The maximum atomic E-state index is 14.2. The molecule has 0 saturated carbocycles. The van der Waals surface area contributed by atoms with Crippen LogP contribution in [0.5, 0.6) is 0 Å². The molecular formula is C21H18FN5O. The average molecular weight is 375 g/mol. The van der Waals surface area contributed by atoms with Gasteiger partial charge in [0.1, 0.15) is 5.82 Å². The summed E-state index contributed by atoms with van der Waals surface area (Å²) in [6.07, 6.45) is 4.30. The van der Waals surface area contributed by atoms with Gasteiger partial charge in [0, 0.05) is 48.5 Å². The first-order valence-electron chi connectivity index (χ1n) is 9.18. The molecular weight excluding hydrogens is 357 g/mol. The quantitative estimate of drug-likeness (QED) is 0.577. The summed E-state index contributed by atoms with van der Waals surface area (Å²) in [6.45, 7) is 1.24. The summed E-state index contributed by atoms with van der Waals surface area (Å²) in [7, 11) is 0. The summed E-state index contributed by atoms with van der Waals surface area (Å²) < 4.78 is 14.2. The molecule has 1 aromatic carbocycles. The largest absolute Gasteiger partial charge is 0.355 e. The third-order valence-electron chi connectivity index (χ3n) is 5.24. The molecule has 0 saturated heterocycles. The second kappa shape index (κ2) is 6.69. The molecule has 7 heteroatoms. The van der Waals surface area contributed by atoms with E-state index in [9.17, 15) is 9.18 Å². The van der Waals surface area contributed by atoms with Crippen LogP contribution in [0, 0.1) is 5.82 Å². The number of aromatic amines is 2. The standard InChI is InChI=1S/C21H18FN5O/c22-15-5-3-4-14-18(28)10-13(26-19(14)15)11-27-9-7-16-20(25-12-24-16)21(27)17-6-1-2-8-23-17/h1-6,8,10,12,21H,7,9,11H2,(H,24,25)(H,26,28). The number of nitrogens with zero attached hydrogens (tertiary/aromatic N) is 3. The molecule has 1 unspecified atom stereocenters. The minimum Gasteiger partial charge on any atom is -0.355 e. The van der Waals surface area contributed by atoms with E-state index in [1.165, 1.54) is 6.07 Å². The lowest BCUT2D eigenvalue weighted by Gasteiger charge is -2.34. The van der Waals surface area contributed by atoms with Gasteiger partial charge in [-0.3, -0.25) is 14.7 Å². The van der Waals surface area contributed by atoms with Gasteiger partial charge in [0.15, 0.2) is 5.43 Å². The van der Waals surface area contributed by atoms with Crippen LogP contribution >= 0.6 is 0 Å². The molecule has 0 bridgehead atoms. The van der Waals surface area contributed by atoms with Crippen LogP contribution in [-0.2, 0) is 13.0 Å². The Bertz CT molecular complexity index is 1200. The zero-order valence-corrected chi connectivity index (χ0v) is 15.0. The summed E-state index contributed by atoms with van der Waals surface area (Å²) >= 11 is 0. The van der Waals surface area contributed by atoms with Gasteiger partial charge in [0.25, 0.3) is 0 Å². The van der Waals surface area contributed by atoms with Gasteiger partial charge in [-0.15, -0.1) is 0 Å². The van der Waals surface area contributed by atoms with Crippen LogP contribution in [0.3, 0.4) is 0 Å². The van der Waals surface area contributed by atoms with Gasteiger partial charge >= 0.3 is 0 Å². The highest BCUT2D eigenvalue weighted by atomic mass is 19.1. The first kappa shape index (κ1) is 16.8. The van der Waals surface area contributed by atoms with Gasteiger partial charge in [-0.1, -0.05) is 12.1 Å². The summed E-state index contributed by atoms with van der Waals surface area (Å²) in [6, 6.07) is 11.8. The third kappa shape index (κ3) is 2.80. The average Bonchev–Trinajstić information content (AvgIpc) is 3.18. The molecule has 1 atom stereocenters. The highest BCUT2D eigenvalue weighted by Gasteiger charge is 2.32. The lowest BCUT2D eigenvalue weighted by Crippen LogP contribution is -2.36. The Labute approximate surface area is 160 Å². The number of hydrogen-bond acceptors (Lipinski definition) is 4. The van der Waals surface area contributed by atoms with Crippen molar-refractivity contribution in [1.29, 1.82) is 0 Å². The smallest absolute Gasteiger partial charge is 0.189 e. The molecule has 0 aliphatic carbocycles. The fraction of sp³-hybridized carbons (Fsp3) is 0.190. The SMILES string of the molecule is O=c1cc(CN2CCc3[nH]cnc3C2c2ccccn2)[nH]c2c(F)cccc12. The van der Waals surface area contributed by atoms with Crippen molar-refractivity contribution in [3.63, 3.8) is 0 Å². The minimum absolute atomic E-state index is 0.129. The van der Waals surface area contributed by atoms with E-state index in [1.54, 1.807) is 30.7 Å². The van der Waals surface area contributed by atoms with Gasteiger partial charge in [0.2, 0.25) is 0 Å². The molecule has 6 nitrogen and oxygen atoms in total. The Kier molecular flexibility index (Phi) is 4.02. The minimum atomic E-state index is -0.425. The van der Waals surface area contributed by atoms with E-state index >= 15 is 0 Å². The molecule has 28 heavy (non-hydrogen) atoms. The molecule has 4 heterocycles. The molecule has 1 aliphatic rings. The highest BCUT2D eigenvalue weighted by Crippen LogP contribution is 2.33. The van der Waals surface area contributed by atoms with Crippen molar-refractivity contribution in [2.24, 2.45) is 0 Å². The Balaban J connectivity index is 1.56. The maximum absolute atomic E-state index is 14.2. The predicted octanol–water partition coefficient (Wildman–Crippen LogP) is 2.93. The number of para-hydroxylation sites is 1. The number of nitrogens with one attached hydrogen (secondary N) is 2. The Hall–Kier alpha value is -3.32. The van der Waals surface area contributed by atoms with Crippen molar-refractivity contribution in [3.8, 4) is 0 Å². The second-order valence-corrected chi connectivity index (χ2v) is 6.97. The summed E-state index contributed by atoms with van der Waals surface area (Å²) in [5, 5.41) is 0.359. The molecule has 3 aromatic heterocycles. The number of pyridine rings is 2. The van der Waals surface area contributed by atoms with E-state index in [0.717, 1.165) is 30.0 Å². The van der Waals surface area contributed by atoms with Crippen LogP contribution < -0.4 is 5.43 Å².